The Morgan fingerprint density at radius 2 is 1.38 bits per heavy atom. The number of fused-ring (bicyclic) bond motifs is 2. The third-order valence-corrected chi connectivity index (χ3v) is 7.74. The van der Waals surface area contributed by atoms with Gasteiger partial charge in [-0.3, -0.25) is 14.5 Å². The zero-order chi connectivity index (χ0) is 26.8. The van der Waals surface area contributed by atoms with Crippen LogP contribution in [0.3, 0.4) is 0 Å². The van der Waals surface area contributed by atoms with Crippen LogP contribution >= 0.6 is 11.8 Å². The van der Waals surface area contributed by atoms with E-state index in [-0.39, 0.29) is 17.7 Å². The number of hydrogen-bond acceptors (Lipinski definition) is 5. The van der Waals surface area contributed by atoms with Crippen LogP contribution in [0, 0.1) is 0 Å². The van der Waals surface area contributed by atoms with Crippen molar-refractivity contribution in [3.8, 4) is 11.5 Å². The fourth-order valence-corrected chi connectivity index (χ4v) is 5.70. The number of methoxy groups -OCH3 is 1. The molecule has 0 aliphatic carbocycles. The van der Waals surface area contributed by atoms with Crippen molar-refractivity contribution in [3.63, 3.8) is 0 Å². The van der Waals surface area contributed by atoms with Crippen molar-refractivity contribution in [2.75, 3.05) is 7.11 Å². The molecule has 0 N–H and O–H groups in total. The summed E-state index contributed by atoms with van der Waals surface area (Å²) in [6.07, 6.45) is 1.73. The largest absolute Gasteiger partial charge is 0.493 e. The molecule has 5 nitrogen and oxygen atoms in total. The van der Waals surface area contributed by atoms with Gasteiger partial charge in [-0.05, 0) is 68.2 Å². The molecule has 5 aromatic carbocycles. The predicted molar refractivity (Wildman–Crippen MR) is 157 cm³/mol. The van der Waals surface area contributed by atoms with Crippen LogP contribution in [-0.2, 0) is 17.9 Å². The van der Waals surface area contributed by atoms with Crippen LogP contribution in [0.1, 0.15) is 16.7 Å². The smallest absolute Gasteiger partial charge is 0.293 e. The predicted octanol–water partition coefficient (Wildman–Crippen LogP) is 7.82. The van der Waals surface area contributed by atoms with Gasteiger partial charge in [0.2, 0.25) is 0 Å². The average molecular weight is 532 g/mol. The zero-order valence-electron chi connectivity index (χ0n) is 21.3. The third-order valence-electron chi connectivity index (χ3n) is 6.83. The van der Waals surface area contributed by atoms with E-state index in [1.807, 2.05) is 84.9 Å². The van der Waals surface area contributed by atoms with Crippen LogP contribution in [0.5, 0.6) is 11.5 Å². The SMILES string of the molecule is COc1ccc(/C=C2\SC(=O)N(Cc3cccc4ccccc34)C2=O)cc1OCc1cccc2ccccc12. The molecule has 0 bridgehead atoms. The molecule has 6 heteroatoms. The van der Waals surface area contributed by atoms with Crippen molar-refractivity contribution in [3.05, 3.63) is 125 Å². The highest BCUT2D eigenvalue weighted by Gasteiger charge is 2.35. The average Bonchev–Trinajstić information content (AvgIpc) is 3.23. The molecule has 1 aliphatic heterocycles. The van der Waals surface area contributed by atoms with Gasteiger partial charge in [0.25, 0.3) is 11.1 Å². The molecule has 0 unspecified atom stereocenters. The van der Waals surface area contributed by atoms with Crippen LogP contribution < -0.4 is 9.47 Å². The number of rotatable bonds is 7. The molecule has 0 aromatic heterocycles. The topological polar surface area (TPSA) is 55.8 Å². The maximum atomic E-state index is 13.3. The summed E-state index contributed by atoms with van der Waals surface area (Å²) in [7, 11) is 1.60. The normalized spacial score (nSPS) is 14.5. The molecular weight excluding hydrogens is 506 g/mol. The molecule has 1 fully saturated rings. The molecule has 2 amide bonds. The van der Waals surface area contributed by atoms with Crippen LogP contribution in [0.15, 0.2) is 108 Å². The van der Waals surface area contributed by atoms with E-state index in [0.717, 1.165) is 50.0 Å². The molecule has 0 atom stereocenters. The number of nitrogens with zero attached hydrogens (tertiary/aromatic N) is 1. The van der Waals surface area contributed by atoms with Crippen molar-refractivity contribution in [2.45, 2.75) is 13.2 Å². The van der Waals surface area contributed by atoms with E-state index in [1.165, 1.54) is 4.90 Å². The molecule has 5 aromatic rings. The number of benzene rings is 5. The number of thioether (sulfide) groups is 1. The van der Waals surface area contributed by atoms with Crippen molar-refractivity contribution >= 4 is 50.5 Å². The fraction of sp³-hybridized carbons (Fsp3) is 0.0909. The summed E-state index contributed by atoms with van der Waals surface area (Å²) >= 11 is 0.955. The van der Waals surface area contributed by atoms with Crippen molar-refractivity contribution in [1.29, 1.82) is 0 Å². The van der Waals surface area contributed by atoms with Gasteiger partial charge in [0.1, 0.15) is 6.61 Å². The Morgan fingerprint density at radius 1 is 0.744 bits per heavy atom. The highest BCUT2D eigenvalue weighted by atomic mass is 32.2. The molecule has 1 heterocycles. The van der Waals surface area contributed by atoms with E-state index in [1.54, 1.807) is 13.2 Å². The summed E-state index contributed by atoms with van der Waals surface area (Å²) < 4.78 is 11.7. The summed E-state index contributed by atoms with van der Waals surface area (Å²) in [6.45, 7) is 0.591. The Balaban J connectivity index is 1.23. The van der Waals surface area contributed by atoms with Crippen LogP contribution in [0.2, 0.25) is 0 Å². The van der Waals surface area contributed by atoms with Crippen molar-refractivity contribution in [2.24, 2.45) is 0 Å². The van der Waals surface area contributed by atoms with Gasteiger partial charge in [-0.25, -0.2) is 0 Å². The Morgan fingerprint density at radius 3 is 2.10 bits per heavy atom. The first kappa shape index (κ1) is 24.8. The second-order valence-corrected chi connectivity index (χ2v) is 10.2. The standard InChI is InChI=1S/C33H25NO4S/c1-37-29-17-16-22(18-30(29)38-21-26-13-7-11-24-9-3-5-15-28(24)26)19-31-32(35)34(33(36)39-31)20-25-12-6-10-23-8-2-4-14-27(23)25/h2-19H,20-21H2,1H3/b31-19-. The summed E-state index contributed by atoms with van der Waals surface area (Å²) in [5.41, 5.74) is 2.75. The lowest BCUT2D eigenvalue weighted by Gasteiger charge is -2.14. The maximum absolute atomic E-state index is 13.3. The lowest BCUT2D eigenvalue weighted by atomic mass is 10.0. The lowest BCUT2D eigenvalue weighted by molar-refractivity contribution is -0.123. The Labute approximate surface area is 230 Å². The fourth-order valence-electron chi connectivity index (χ4n) is 4.86. The van der Waals surface area contributed by atoms with Crippen LogP contribution in [0.4, 0.5) is 4.79 Å². The first-order chi connectivity index (χ1) is 19.1. The monoisotopic (exact) mass is 531 g/mol. The minimum absolute atomic E-state index is 0.228. The number of imide groups is 1. The third kappa shape index (κ3) is 4.99. The Kier molecular flexibility index (Phi) is 6.78. The lowest BCUT2D eigenvalue weighted by Crippen LogP contribution is -2.27. The summed E-state index contributed by atoms with van der Waals surface area (Å²) in [4.78, 5) is 27.8. The molecular formula is C33H25NO4S. The highest BCUT2D eigenvalue weighted by molar-refractivity contribution is 8.18. The van der Waals surface area contributed by atoms with Gasteiger partial charge >= 0.3 is 0 Å². The molecule has 0 spiro atoms. The summed E-state index contributed by atoms with van der Waals surface area (Å²) in [6, 6.07) is 33.7. The number of hydrogen-bond donors (Lipinski definition) is 0. The molecule has 0 radical (unpaired) electrons. The summed E-state index contributed by atoms with van der Waals surface area (Å²) in [5.74, 6) is 0.859. The Hall–Kier alpha value is -4.55. The van der Waals surface area contributed by atoms with E-state index in [4.69, 9.17) is 9.47 Å². The van der Waals surface area contributed by atoms with Gasteiger partial charge in [0.05, 0.1) is 18.6 Å². The number of carbonyl (C=O) groups is 2. The molecule has 0 saturated carbocycles. The second-order valence-electron chi connectivity index (χ2n) is 9.24. The van der Waals surface area contributed by atoms with E-state index in [9.17, 15) is 9.59 Å². The zero-order valence-corrected chi connectivity index (χ0v) is 22.1. The number of amides is 2. The minimum Gasteiger partial charge on any atom is -0.493 e. The molecule has 39 heavy (non-hydrogen) atoms. The first-order valence-corrected chi connectivity index (χ1v) is 13.4. The van der Waals surface area contributed by atoms with Gasteiger partial charge < -0.3 is 9.47 Å². The molecule has 192 valence electrons. The second kappa shape index (κ2) is 10.7. The molecule has 1 aliphatic rings. The summed E-state index contributed by atoms with van der Waals surface area (Å²) in [5, 5.41) is 4.12. The maximum Gasteiger partial charge on any atom is 0.293 e. The molecule has 1 saturated heterocycles. The van der Waals surface area contributed by atoms with E-state index >= 15 is 0 Å². The van der Waals surface area contributed by atoms with Gasteiger partial charge in [-0.15, -0.1) is 0 Å². The number of ether oxygens (including phenoxy) is 2. The number of carbonyl (C=O) groups excluding carboxylic acids is 2. The van der Waals surface area contributed by atoms with Crippen LogP contribution in [0.25, 0.3) is 27.6 Å². The van der Waals surface area contributed by atoms with Gasteiger partial charge in [0.15, 0.2) is 11.5 Å². The van der Waals surface area contributed by atoms with Gasteiger partial charge in [0, 0.05) is 0 Å². The highest BCUT2D eigenvalue weighted by Crippen LogP contribution is 2.36. The van der Waals surface area contributed by atoms with Crippen LogP contribution in [-0.4, -0.2) is 23.2 Å². The quantitative estimate of drug-likeness (QED) is 0.200. The van der Waals surface area contributed by atoms with Crippen molar-refractivity contribution in [1.82, 2.24) is 4.90 Å². The van der Waals surface area contributed by atoms with Gasteiger partial charge in [-0.2, -0.15) is 0 Å². The van der Waals surface area contributed by atoms with E-state index < -0.39 is 0 Å². The minimum atomic E-state index is -0.299. The Bertz CT molecular complexity index is 1750. The van der Waals surface area contributed by atoms with Crippen molar-refractivity contribution < 1.29 is 19.1 Å². The first-order valence-electron chi connectivity index (χ1n) is 12.6. The van der Waals surface area contributed by atoms with E-state index in [0.29, 0.717) is 23.0 Å². The molecule has 6 rings (SSSR count). The van der Waals surface area contributed by atoms with E-state index in [2.05, 4.69) is 18.2 Å². The van der Waals surface area contributed by atoms with Gasteiger partial charge in [-0.1, -0.05) is 91.0 Å².